The topological polar surface area (TPSA) is 24.9 Å². The Labute approximate surface area is 117 Å². The molecule has 0 radical (unpaired) electrons. The Balaban J connectivity index is 1.84. The van der Waals surface area contributed by atoms with Gasteiger partial charge in [-0.3, -0.25) is 0 Å². The molecule has 0 saturated heterocycles. The van der Waals surface area contributed by atoms with E-state index in [1.807, 2.05) is 6.20 Å². The lowest BCUT2D eigenvalue weighted by atomic mass is 10.1. The molecule has 0 aliphatic carbocycles. The summed E-state index contributed by atoms with van der Waals surface area (Å²) in [5, 5.41) is 6.78. The Morgan fingerprint density at radius 1 is 1.11 bits per heavy atom. The van der Waals surface area contributed by atoms with Crippen LogP contribution in [0.15, 0.2) is 48.0 Å². The molecule has 0 fully saturated rings. The van der Waals surface area contributed by atoms with Crippen molar-refractivity contribution in [3.8, 4) is 0 Å². The highest BCUT2D eigenvalue weighted by Crippen LogP contribution is 2.26. The fourth-order valence-electron chi connectivity index (χ4n) is 2.29. The van der Waals surface area contributed by atoms with Crippen molar-refractivity contribution in [1.82, 2.24) is 4.98 Å². The third-order valence-corrected chi connectivity index (χ3v) is 4.21. The highest BCUT2D eigenvalue weighted by molar-refractivity contribution is 7.17. The molecule has 3 heteroatoms. The maximum absolute atomic E-state index is 4.45. The summed E-state index contributed by atoms with van der Waals surface area (Å²) < 4.78 is 1.28. The Kier molecular flexibility index (Phi) is 3.47. The Morgan fingerprint density at radius 3 is 2.79 bits per heavy atom. The van der Waals surface area contributed by atoms with Crippen molar-refractivity contribution in [1.29, 1.82) is 0 Å². The number of thiophene rings is 1. The minimum atomic E-state index is 0.825. The van der Waals surface area contributed by atoms with Crippen molar-refractivity contribution in [2.75, 3.05) is 5.32 Å². The number of fused-ring (bicyclic) bond motifs is 1. The molecule has 0 unspecified atom stereocenters. The SMILES string of the molecule is CCc1ccccc1CNc1nccc2sccc12. The van der Waals surface area contributed by atoms with Gasteiger partial charge in [0.15, 0.2) is 0 Å². The summed E-state index contributed by atoms with van der Waals surface area (Å²) >= 11 is 1.75. The number of aromatic nitrogens is 1. The van der Waals surface area contributed by atoms with Gasteiger partial charge in [0.2, 0.25) is 0 Å². The molecule has 0 saturated carbocycles. The third-order valence-electron chi connectivity index (χ3n) is 3.33. The number of rotatable bonds is 4. The van der Waals surface area contributed by atoms with Crippen molar-refractivity contribution in [3.05, 3.63) is 59.1 Å². The molecule has 0 aliphatic heterocycles. The Bertz CT molecular complexity index is 688. The van der Waals surface area contributed by atoms with Crippen molar-refractivity contribution in [2.24, 2.45) is 0 Å². The standard InChI is InChI=1S/C16H16N2S/c1-2-12-5-3-4-6-13(12)11-18-16-14-8-10-19-15(14)7-9-17-16/h3-10H,2,11H2,1H3,(H,17,18). The van der Waals surface area contributed by atoms with E-state index in [1.165, 1.54) is 21.2 Å². The van der Waals surface area contributed by atoms with Crippen LogP contribution >= 0.6 is 11.3 Å². The maximum atomic E-state index is 4.45. The summed E-state index contributed by atoms with van der Waals surface area (Å²) in [5.41, 5.74) is 2.74. The number of hydrogen-bond acceptors (Lipinski definition) is 3. The predicted molar refractivity (Wildman–Crippen MR) is 82.8 cm³/mol. The van der Waals surface area contributed by atoms with Crippen LogP contribution < -0.4 is 5.32 Å². The smallest absolute Gasteiger partial charge is 0.134 e. The molecule has 2 aromatic heterocycles. The van der Waals surface area contributed by atoms with Gasteiger partial charge >= 0.3 is 0 Å². The van der Waals surface area contributed by atoms with Gasteiger partial charge in [-0.15, -0.1) is 11.3 Å². The van der Waals surface area contributed by atoms with E-state index >= 15 is 0 Å². The van der Waals surface area contributed by atoms with E-state index in [-0.39, 0.29) is 0 Å². The van der Waals surface area contributed by atoms with Crippen molar-refractivity contribution < 1.29 is 0 Å². The first kappa shape index (κ1) is 12.2. The number of nitrogens with one attached hydrogen (secondary N) is 1. The molecule has 96 valence electrons. The van der Waals surface area contributed by atoms with Crippen LogP contribution in [0.4, 0.5) is 5.82 Å². The second-order valence-electron chi connectivity index (χ2n) is 4.47. The van der Waals surface area contributed by atoms with Crippen LogP contribution in [0, 0.1) is 0 Å². The lowest BCUT2D eigenvalue weighted by molar-refractivity contribution is 1.04. The summed E-state index contributed by atoms with van der Waals surface area (Å²) in [5.74, 6) is 0.977. The highest BCUT2D eigenvalue weighted by Gasteiger charge is 2.04. The van der Waals surface area contributed by atoms with Gasteiger partial charge in [-0.05, 0) is 35.1 Å². The minimum absolute atomic E-state index is 0.825. The number of nitrogens with zero attached hydrogens (tertiary/aromatic N) is 1. The molecule has 0 spiro atoms. The number of hydrogen-bond donors (Lipinski definition) is 1. The summed E-state index contributed by atoms with van der Waals surface area (Å²) in [6, 6.07) is 12.7. The molecule has 3 aromatic rings. The van der Waals surface area contributed by atoms with Crippen molar-refractivity contribution >= 4 is 27.2 Å². The van der Waals surface area contributed by atoms with Gasteiger partial charge in [0, 0.05) is 22.8 Å². The predicted octanol–water partition coefficient (Wildman–Crippen LogP) is 4.47. The van der Waals surface area contributed by atoms with Gasteiger partial charge in [0.1, 0.15) is 5.82 Å². The lowest BCUT2D eigenvalue weighted by Crippen LogP contribution is -2.03. The van der Waals surface area contributed by atoms with Crippen LogP contribution in [0.25, 0.3) is 10.1 Å². The van der Waals surface area contributed by atoms with E-state index in [9.17, 15) is 0 Å². The maximum Gasteiger partial charge on any atom is 0.134 e. The summed E-state index contributed by atoms with van der Waals surface area (Å²) in [6.07, 6.45) is 2.93. The average molecular weight is 268 g/mol. The highest BCUT2D eigenvalue weighted by atomic mass is 32.1. The quantitative estimate of drug-likeness (QED) is 0.755. The van der Waals surface area contributed by atoms with Crippen LogP contribution in [0.1, 0.15) is 18.1 Å². The zero-order valence-corrected chi connectivity index (χ0v) is 11.7. The van der Waals surface area contributed by atoms with Gasteiger partial charge < -0.3 is 5.32 Å². The normalized spacial score (nSPS) is 10.8. The summed E-state index contributed by atoms with van der Waals surface area (Å²) in [6.45, 7) is 3.02. The average Bonchev–Trinajstić information content (AvgIpc) is 2.94. The van der Waals surface area contributed by atoms with Crippen LogP contribution in [0.5, 0.6) is 0 Å². The molecular formula is C16H16N2S. The Morgan fingerprint density at radius 2 is 1.95 bits per heavy atom. The molecule has 1 N–H and O–H groups in total. The fourth-order valence-corrected chi connectivity index (χ4v) is 3.07. The molecule has 3 rings (SSSR count). The van der Waals surface area contributed by atoms with E-state index in [0.29, 0.717) is 0 Å². The van der Waals surface area contributed by atoms with E-state index in [4.69, 9.17) is 0 Å². The van der Waals surface area contributed by atoms with Gasteiger partial charge in [-0.25, -0.2) is 4.98 Å². The van der Waals surface area contributed by atoms with E-state index < -0.39 is 0 Å². The fraction of sp³-hybridized carbons (Fsp3) is 0.188. The van der Waals surface area contributed by atoms with Crippen molar-refractivity contribution in [3.63, 3.8) is 0 Å². The van der Waals surface area contributed by atoms with Crippen LogP contribution in [-0.4, -0.2) is 4.98 Å². The molecule has 0 bridgehead atoms. The number of anilines is 1. The first-order valence-electron chi connectivity index (χ1n) is 6.51. The third kappa shape index (κ3) is 2.47. The van der Waals surface area contributed by atoms with Gasteiger partial charge in [-0.2, -0.15) is 0 Å². The van der Waals surface area contributed by atoms with Crippen LogP contribution in [0.2, 0.25) is 0 Å². The van der Waals surface area contributed by atoms with Crippen molar-refractivity contribution in [2.45, 2.75) is 19.9 Å². The van der Waals surface area contributed by atoms with Crippen LogP contribution in [-0.2, 0) is 13.0 Å². The number of pyridine rings is 1. The Hall–Kier alpha value is -1.87. The van der Waals surface area contributed by atoms with Gasteiger partial charge in [0.25, 0.3) is 0 Å². The number of aryl methyl sites for hydroxylation is 1. The molecule has 2 nitrogen and oxygen atoms in total. The first-order valence-corrected chi connectivity index (χ1v) is 7.39. The first-order chi connectivity index (χ1) is 9.38. The lowest BCUT2D eigenvalue weighted by Gasteiger charge is -2.10. The number of benzene rings is 1. The van der Waals surface area contributed by atoms with E-state index in [2.05, 4.69) is 59.0 Å². The largest absolute Gasteiger partial charge is 0.365 e. The van der Waals surface area contributed by atoms with E-state index in [1.54, 1.807) is 11.3 Å². The molecule has 2 heterocycles. The molecule has 0 aliphatic rings. The zero-order valence-electron chi connectivity index (χ0n) is 10.9. The molecule has 1 aromatic carbocycles. The van der Waals surface area contributed by atoms with E-state index in [0.717, 1.165) is 18.8 Å². The molecule has 0 amide bonds. The summed E-state index contributed by atoms with van der Waals surface area (Å²) in [7, 11) is 0. The second-order valence-corrected chi connectivity index (χ2v) is 5.42. The van der Waals surface area contributed by atoms with Crippen LogP contribution in [0.3, 0.4) is 0 Å². The minimum Gasteiger partial charge on any atom is -0.365 e. The van der Waals surface area contributed by atoms with Gasteiger partial charge in [0.05, 0.1) is 0 Å². The summed E-state index contributed by atoms with van der Waals surface area (Å²) in [4.78, 5) is 4.45. The molecular weight excluding hydrogens is 252 g/mol. The second kappa shape index (κ2) is 5.41. The monoisotopic (exact) mass is 268 g/mol. The molecule has 19 heavy (non-hydrogen) atoms. The zero-order chi connectivity index (χ0) is 13.1. The molecule has 0 atom stereocenters. The van der Waals surface area contributed by atoms with Gasteiger partial charge in [-0.1, -0.05) is 31.2 Å².